The zero-order valence-electron chi connectivity index (χ0n) is 8.38. The van der Waals surface area contributed by atoms with Crippen LogP contribution in [0.3, 0.4) is 0 Å². The molecule has 1 aliphatic carbocycles. The maximum atomic E-state index is 12.6. The standard InChI is InChI=1S/C11H10F3N2/c12-11(13,14)9-2-1-7-16(15)10(9)6-5-8-3-4-8/h1-2,7-8H,3-4,15H2/q+1. The lowest BCUT2D eigenvalue weighted by atomic mass is 10.2. The van der Waals surface area contributed by atoms with E-state index in [4.69, 9.17) is 5.84 Å². The molecule has 0 aromatic carbocycles. The van der Waals surface area contributed by atoms with Gasteiger partial charge in [-0.1, -0.05) is 10.6 Å². The van der Waals surface area contributed by atoms with Gasteiger partial charge in [0, 0.05) is 17.9 Å². The first kappa shape index (κ1) is 10.8. The molecule has 1 fully saturated rings. The summed E-state index contributed by atoms with van der Waals surface area (Å²) in [6, 6.07) is 2.24. The summed E-state index contributed by atoms with van der Waals surface area (Å²) in [5.41, 5.74) is -0.965. The summed E-state index contributed by atoms with van der Waals surface area (Å²) in [4.78, 5) is 0. The van der Waals surface area contributed by atoms with Crippen LogP contribution in [0.4, 0.5) is 13.2 Å². The Labute approximate surface area is 90.9 Å². The molecule has 0 aliphatic heterocycles. The highest BCUT2D eigenvalue weighted by atomic mass is 19.4. The van der Waals surface area contributed by atoms with Gasteiger partial charge in [0.2, 0.25) is 6.20 Å². The summed E-state index contributed by atoms with van der Waals surface area (Å²) >= 11 is 0. The smallest absolute Gasteiger partial charge is 0.204 e. The second-order valence-electron chi connectivity index (χ2n) is 3.72. The van der Waals surface area contributed by atoms with E-state index in [1.54, 1.807) is 0 Å². The third kappa shape index (κ3) is 2.27. The van der Waals surface area contributed by atoms with Gasteiger partial charge in [0.1, 0.15) is 5.56 Å². The molecule has 2 rings (SSSR count). The largest absolute Gasteiger partial charge is 0.423 e. The SMILES string of the molecule is N[n+]1cccc(C(F)(F)F)c1C#CC1CC1. The Morgan fingerprint density at radius 3 is 2.62 bits per heavy atom. The van der Waals surface area contributed by atoms with Crippen LogP contribution in [0.15, 0.2) is 18.3 Å². The molecule has 16 heavy (non-hydrogen) atoms. The van der Waals surface area contributed by atoms with Gasteiger partial charge in [0.25, 0.3) is 5.69 Å². The summed E-state index contributed by atoms with van der Waals surface area (Å²) in [7, 11) is 0. The Balaban J connectivity index is 2.45. The number of halogens is 3. The Kier molecular flexibility index (Phi) is 2.50. The number of hydrogen-bond acceptors (Lipinski definition) is 1. The molecule has 2 nitrogen and oxygen atoms in total. The van der Waals surface area contributed by atoms with Crippen molar-refractivity contribution in [1.82, 2.24) is 0 Å². The molecule has 0 amide bonds. The third-order valence-electron chi connectivity index (χ3n) is 2.30. The van der Waals surface area contributed by atoms with Crippen molar-refractivity contribution in [3.63, 3.8) is 0 Å². The molecule has 1 aliphatic rings. The molecule has 0 spiro atoms. The van der Waals surface area contributed by atoms with Gasteiger partial charge in [-0.15, -0.1) is 0 Å². The predicted molar refractivity (Wildman–Crippen MR) is 51.4 cm³/mol. The quantitative estimate of drug-likeness (QED) is 0.406. The molecule has 0 atom stereocenters. The van der Waals surface area contributed by atoms with Crippen molar-refractivity contribution in [2.45, 2.75) is 19.0 Å². The third-order valence-corrected chi connectivity index (χ3v) is 2.30. The van der Waals surface area contributed by atoms with Crippen molar-refractivity contribution < 1.29 is 17.8 Å². The highest BCUT2D eigenvalue weighted by Gasteiger charge is 2.37. The fourth-order valence-corrected chi connectivity index (χ4v) is 1.28. The number of nitrogens with zero attached hydrogens (tertiary/aromatic N) is 1. The monoisotopic (exact) mass is 227 g/mol. The highest BCUT2D eigenvalue weighted by Crippen LogP contribution is 2.31. The second-order valence-corrected chi connectivity index (χ2v) is 3.72. The summed E-state index contributed by atoms with van der Waals surface area (Å²) in [6.45, 7) is 0. The first-order chi connectivity index (χ1) is 7.48. The van der Waals surface area contributed by atoms with Gasteiger partial charge in [-0.05, 0) is 18.9 Å². The van der Waals surface area contributed by atoms with Crippen LogP contribution in [-0.2, 0) is 6.18 Å². The molecule has 0 bridgehead atoms. The first-order valence-corrected chi connectivity index (χ1v) is 4.87. The molecule has 2 N–H and O–H groups in total. The minimum absolute atomic E-state index is 0.179. The topological polar surface area (TPSA) is 29.9 Å². The molecular weight excluding hydrogens is 217 g/mol. The number of aromatic nitrogens is 1. The average Bonchev–Trinajstić information content (AvgIpc) is 2.97. The number of nitrogens with two attached hydrogens (primary N) is 1. The zero-order valence-corrected chi connectivity index (χ0v) is 8.38. The lowest BCUT2D eigenvalue weighted by Gasteiger charge is -2.05. The highest BCUT2D eigenvalue weighted by molar-refractivity contribution is 5.34. The zero-order chi connectivity index (χ0) is 11.8. The summed E-state index contributed by atoms with van der Waals surface area (Å²) < 4.78 is 38.8. The van der Waals surface area contributed by atoms with Crippen molar-refractivity contribution in [3.05, 3.63) is 29.6 Å². The molecule has 1 aromatic heterocycles. The van der Waals surface area contributed by atoms with Crippen molar-refractivity contribution in [2.75, 3.05) is 5.84 Å². The van der Waals surface area contributed by atoms with Crippen molar-refractivity contribution in [1.29, 1.82) is 0 Å². The Bertz CT molecular complexity index is 464. The minimum atomic E-state index is -4.42. The fourth-order valence-electron chi connectivity index (χ4n) is 1.28. The molecule has 1 saturated carbocycles. The van der Waals surface area contributed by atoms with Gasteiger partial charge in [-0.3, -0.25) is 0 Å². The second kappa shape index (κ2) is 3.71. The van der Waals surface area contributed by atoms with Crippen molar-refractivity contribution >= 4 is 0 Å². The maximum absolute atomic E-state index is 12.6. The van der Waals surface area contributed by atoms with Crippen molar-refractivity contribution in [3.8, 4) is 11.8 Å². The van der Waals surface area contributed by atoms with E-state index in [2.05, 4.69) is 11.8 Å². The van der Waals surface area contributed by atoms with Crippen LogP contribution in [0.25, 0.3) is 0 Å². The molecule has 5 heteroatoms. The lowest BCUT2D eigenvalue weighted by Crippen LogP contribution is -2.48. The molecule has 0 saturated heterocycles. The van der Waals surface area contributed by atoms with Crippen LogP contribution < -0.4 is 10.5 Å². The number of rotatable bonds is 0. The summed E-state index contributed by atoms with van der Waals surface area (Å²) in [5.74, 6) is 11.0. The Morgan fingerprint density at radius 2 is 2.06 bits per heavy atom. The van der Waals surface area contributed by atoms with Crippen LogP contribution in [0.2, 0.25) is 0 Å². The van der Waals surface area contributed by atoms with Crippen LogP contribution >= 0.6 is 0 Å². The molecule has 84 valence electrons. The van der Waals surface area contributed by atoms with Crippen LogP contribution in [0.5, 0.6) is 0 Å². The molecule has 1 heterocycles. The Hall–Kier alpha value is -1.70. The van der Waals surface area contributed by atoms with E-state index in [1.165, 1.54) is 12.3 Å². The number of hydrogen-bond donors (Lipinski definition) is 1. The minimum Gasteiger partial charge on any atom is -0.204 e. The van der Waals surface area contributed by atoms with Crippen LogP contribution in [-0.4, -0.2) is 0 Å². The van der Waals surface area contributed by atoms with E-state index in [0.29, 0.717) is 0 Å². The van der Waals surface area contributed by atoms with Crippen LogP contribution in [0.1, 0.15) is 24.1 Å². The molecule has 0 radical (unpaired) electrons. The maximum Gasteiger partial charge on any atom is 0.423 e. The fraction of sp³-hybridized carbons (Fsp3) is 0.364. The molecular formula is C11H10F3N2+. The van der Waals surface area contributed by atoms with Gasteiger partial charge < -0.3 is 0 Å². The van der Waals surface area contributed by atoms with Crippen molar-refractivity contribution in [2.24, 2.45) is 5.92 Å². The van der Waals surface area contributed by atoms with Gasteiger partial charge in [0.15, 0.2) is 0 Å². The summed E-state index contributed by atoms with van der Waals surface area (Å²) in [5, 5.41) is 0. The van der Waals surface area contributed by atoms with E-state index >= 15 is 0 Å². The Morgan fingerprint density at radius 1 is 1.38 bits per heavy atom. The number of alkyl halides is 3. The van der Waals surface area contributed by atoms with E-state index in [-0.39, 0.29) is 11.6 Å². The van der Waals surface area contributed by atoms with Gasteiger partial charge in [-0.2, -0.15) is 13.2 Å². The van der Waals surface area contributed by atoms with E-state index in [0.717, 1.165) is 23.6 Å². The summed E-state index contributed by atoms with van der Waals surface area (Å²) in [6.07, 6.45) is -1.14. The van der Waals surface area contributed by atoms with Crippen LogP contribution in [0, 0.1) is 17.8 Å². The predicted octanol–water partition coefficient (Wildman–Crippen LogP) is 1.47. The lowest BCUT2D eigenvalue weighted by molar-refractivity contribution is -0.642. The van der Waals surface area contributed by atoms with Gasteiger partial charge >= 0.3 is 6.18 Å². The van der Waals surface area contributed by atoms with E-state index in [1.807, 2.05) is 0 Å². The molecule has 0 unspecified atom stereocenters. The van der Waals surface area contributed by atoms with Gasteiger partial charge in [-0.25, -0.2) is 5.84 Å². The number of pyridine rings is 1. The van der Waals surface area contributed by atoms with E-state index in [9.17, 15) is 13.2 Å². The molecule has 1 aromatic rings. The average molecular weight is 227 g/mol. The normalized spacial score (nSPS) is 15.4. The van der Waals surface area contributed by atoms with Gasteiger partial charge in [0.05, 0.1) is 0 Å². The first-order valence-electron chi connectivity index (χ1n) is 4.87. The van der Waals surface area contributed by atoms with E-state index < -0.39 is 11.7 Å². The number of nitrogen functional groups attached to an aromatic ring is 1.